The van der Waals surface area contributed by atoms with Crippen molar-refractivity contribution in [2.45, 2.75) is 26.2 Å². The van der Waals surface area contributed by atoms with Gasteiger partial charge >= 0.3 is 0 Å². The Balaban J connectivity index is 2.25. The number of hydrogen-bond acceptors (Lipinski definition) is 1. The van der Waals surface area contributed by atoms with Crippen LogP contribution in [0.15, 0.2) is 48.5 Å². The first kappa shape index (κ1) is 14.2. The quantitative estimate of drug-likeness (QED) is 0.621. The van der Waals surface area contributed by atoms with Crippen molar-refractivity contribution in [3.05, 3.63) is 59.9 Å². The van der Waals surface area contributed by atoms with Gasteiger partial charge in [0.2, 0.25) is 0 Å². The van der Waals surface area contributed by atoms with Gasteiger partial charge in [0.05, 0.1) is 16.7 Å². The van der Waals surface area contributed by atoms with Crippen molar-refractivity contribution in [3.8, 4) is 5.69 Å². The van der Waals surface area contributed by atoms with E-state index in [1.165, 1.54) is 11.3 Å². The molecule has 1 aromatic heterocycles. The zero-order valence-corrected chi connectivity index (χ0v) is 13.0. The van der Waals surface area contributed by atoms with Crippen molar-refractivity contribution in [2.24, 2.45) is 0 Å². The Morgan fingerprint density at radius 3 is 2.57 bits per heavy atom. The first-order valence-electron chi connectivity index (χ1n) is 7.45. The lowest BCUT2D eigenvalue weighted by molar-refractivity contribution is 0.869. The zero-order valence-electron chi connectivity index (χ0n) is 12.2. The van der Waals surface area contributed by atoms with Crippen LogP contribution in [-0.2, 0) is 12.8 Å². The normalized spacial score (nSPS) is 11.1. The molecule has 2 aromatic carbocycles. The molecule has 21 heavy (non-hydrogen) atoms. The SMILES string of the molecule is CCCc1ccccc1-n1c(CCCl)nc2ccccc21. The van der Waals surface area contributed by atoms with Gasteiger partial charge in [-0.1, -0.05) is 43.7 Å². The number of aromatic nitrogens is 2. The van der Waals surface area contributed by atoms with Crippen LogP contribution in [0.4, 0.5) is 0 Å². The zero-order chi connectivity index (χ0) is 14.7. The van der Waals surface area contributed by atoms with Gasteiger partial charge in [-0.05, 0) is 30.2 Å². The second kappa shape index (κ2) is 6.31. The molecule has 3 heteroatoms. The highest BCUT2D eigenvalue weighted by Gasteiger charge is 2.13. The second-order valence-electron chi connectivity index (χ2n) is 5.17. The Morgan fingerprint density at radius 1 is 1.00 bits per heavy atom. The van der Waals surface area contributed by atoms with E-state index in [2.05, 4.69) is 54.0 Å². The summed E-state index contributed by atoms with van der Waals surface area (Å²) in [5.74, 6) is 1.62. The number of imidazole rings is 1. The molecule has 0 bridgehead atoms. The van der Waals surface area contributed by atoms with Gasteiger partial charge in [-0.15, -0.1) is 11.6 Å². The van der Waals surface area contributed by atoms with Crippen LogP contribution >= 0.6 is 11.6 Å². The molecule has 0 unspecified atom stereocenters. The molecular formula is C18H19ClN2. The average molecular weight is 299 g/mol. The van der Waals surface area contributed by atoms with Gasteiger partial charge in [0.1, 0.15) is 5.82 Å². The smallest absolute Gasteiger partial charge is 0.115 e. The van der Waals surface area contributed by atoms with Gasteiger partial charge in [0, 0.05) is 12.3 Å². The summed E-state index contributed by atoms with van der Waals surface area (Å²) in [4.78, 5) is 4.76. The third-order valence-electron chi connectivity index (χ3n) is 3.70. The summed E-state index contributed by atoms with van der Waals surface area (Å²) in [6.45, 7) is 2.21. The minimum atomic E-state index is 0.583. The standard InChI is InChI=1S/C18H19ClN2/c1-2-7-14-8-3-5-10-16(14)21-17-11-6-4-9-15(17)20-18(21)12-13-19/h3-6,8-11H,2,7,12-13H2,1H3. The molecule has 2 nitrogen and oxygen atoms in total. The lowest BCUT2D eigenvalue weighted by Gasteiger charge is -2.13. The van der Waals surface area contributed by atoms with Crippen molar-refractivity contribution in [3.63, 3.8) is 0 Å². The van der Waals surface area contributed by atoms with E-state index in [9.17, 15) is 0 Å². The fourth-order valence-corrected chi connectivity index (χ4v) is 2.98. The average Bonchev–Trinajstić information content (AvgIpc) is 2.86. The third kappa shape index (κ3) is 2.68. The van der Waals surface area contributed by atoms with Gasteiger partial charge in [0.25, 0.3) is 0 Å². The van der Waals surface area contributed by atoms with Crippen LogP contribution in [0.5, 0.6) is 0 Å². The van der Waals surface area contributed by atoms with Crippen molar-refractivity contribution >= 4 is 22.6 Å². The molecule has 0 aliphatic carbocycles. The molecule has 0 spiro atoms. The molecule has 0 fully saturated rings. The fourth-order valence-electron chi connectivity index (χ4n) is 2.81. The third-order valence-corrected chi connectivity index (χ3v) is 3.89. The second-order valence-corrected chi connectivity index (χ2v) is 5.55. The topological polar surface area (TPSA) is 17.8 Å². The van der Waals surface area contributed by atoms with E-state index in [1.54, 1.807) is 0 Å². The Labute approximate surface area is 130 Å². The lowest BCUT2D eigenvalue weighted by Crippen LogP contribution is -2.05. The predicted molar refractivity (Wildman–Crippen MR) is 89.5 cm³/mol. The van der Waals surface area contributed by atoms with Gasteiger partial charge in [-0.2, -0.15) is 0 Å². The molecule has 0 saturated carbocycles. The monoisotopic (exact) mass is 298 g/mol. The van der Waals surface area contributed by atoms with Crippen LogP contribution in [0, 0.1) is 0 Å². The highest BCUT2D eigenvalue weighted by molar-refractivity contribution is 6.17. The Bertz CT molecular complexity index is 746. The number of alkyl halides is 1. The number of fused-ring (bicyclic) bond motifs is 1. The molecule has 3 aromatic rings. The lowest BCUT2D eigenvalue weighted by atomic mass is 10.1. The minimum absolute atomic E-state index is 0.583. The minimum Gasteiger partial charge on any atom is -0.296 e. The number of aryl methyl sites for hydroxylation is 2. The molecule has 0 radical (unpaired) electrons. The summed E-state index contributed by atoms with van der Waals surface area (Å²) < 4.78 is 2.27. The molecule has 0 saturated heterocycles. The summed E-state index contributed by atoms with van der Waals surface area (Å²) in [6, 6.07) is 16.9. The highest BCUT2D eigenvalue weighted by Crippen LogP contribution is 2.25. The summed E-state index contributed by atoms with van der Waals surface area (Å²) in [5, 5.41) is 0. The van der Waals surface area contributed by atoms with E-state index in [4.69, 9.17) is 16.6 Å². The van der Waals surface area contributed by atoms with Crippen molar-refractivity contribution < 1.29 is 0 Å². The number of halogens is 1. The molecule has 1 heterocycles. The number of hydrogen-bond donors (Lipinski definition) is 0. The van der Waals surface area contributed by atoms with Crippen molar-refractivity contribution in [1.29, 1.82) is 0 Å². The molecule has 3 rings (SSSR count). The van der Waals surface area contributed by atoms with E-state index in [-0.39, 0.29) is 0 Å². The first-order valence-corrected chi connectivity index (χ1v) is 7.99. The molecule has 0 atom stereocenters. The van der Waals surface area contributed by atoms with Crippen LogP contribution in [-0.4, -0.2) is 15.4 Å². The molecular weight excluding hydrogens is 280 g/mol. The Hall–Kier alpha value is -1.80. The van der Waals surface area contributed by atoms with E-state index in [1.807, 2.05) is 6.07 Å². The van der Waals surface area contributed by atoms with Crippen LogP contribution in [0.1, 0.15) is 24.7 Å². The van der Waals surface area contributed by atoms with Gasteiger partial charge in [0.15, 0.2) is 0 Å². The van der Waals surface area contributed by atoms with Crippen molar-refractivity contribution in [2.75, 3.05) is 5.88 Å². The number of benzene rings is 2. The maximum absolute atomic E-state index is 5.97. The molecule has 0 aliphatic rings. The largest absolute Gasteiger partial charge is 0.296 e. The van der Waals surface area contributed by atoms with Crippen LogP contribution in [0.3, 0.4) is 0 Å². The van der Waals surface area contributed by atoms with Gasteiger partial charge in [-0.25, -0.2) is 4.98 Å². The van der Waals surface area contributed by atoms with Gasteiger partial charge in [-0.3, -0.25) is 4.57 Å². The summed E-state index contributed by atoms with van der Waals surface area (Å²) in [7, 11) is 0. The predicted octanol–water partition coefficient (Wildman–Crippen LogP) is 4.76. The highest BCUT2D eigenvalue weighted by atomic mass is 35.5. The fraction of sp³-hybridized carbons (Fsp3) is 0.278. The summed E-state index contributed by atoms with van der Waals surface area (Å²) in [5.41, 5.74) is 4.78. The van der Waals surface area contributed by atoms with E-state index in [0.29, 0.717) is 5.88 Å². The summed E-state index contributed by atoms with van der Waals surface area (Å²) in [6.07, 6.45) is 2.98. The van der Waals surface area contributed by atoms with Crippen LogP contribution in [0.2, 0.25) is 0 Å². The number of nitrogens with zero attached hydrogens (tertiary/aromatic N) is 2. The molecule has 0 N–H and O–H groups in total. The van der Waals surface area contributed by atoms with Crippen LogP contribution in [0.25, 0.3) is 16.7 Å². The van der Waals surface area contributed by atoms with Crippen LogP contribution < -0.4 is 0 Å². The first-order chi connectivity index (χ1) is 10.3. The molecule has 0 amide bonds. The Morgan fingerprint density at radius 2 is 1.76 bits per heavy atom. The maximum atomic E-state index is 5.97. The maximum Gasteiger partial charge on any atom is 0.115 e. The number of rotatable bonds is 5. The Kier molecular flexibility index (Phi) is 4.26. The van der Waals surface area contributed by atoms with Crippen molar-refractivity contribution in [1.82, 2.24) is 9.55 Å². The van der Waals surface area contributed by atoms with Gasteiger partial charge < -0.3 is 0 Å². The van der Waals surface area contributed by atoms with E-state index >= 15 is 0 Å². The summed E-state index contributed by atoms with van der Waals surface area (Å²) >= 11 is 5.97. The van der Waals surface area contributed by atoms with E-state index in [0.717, 1.165) is 36.1 Å². The molecule has 108 valence electrons. The molecule has 0 aliphatic heterocycles. The van der Waals surface area contributed by atoms with E-state index < -0.39 is 0 Å². The number of para-hydroxylation sites is 3.